The average Bonchev–Trinajstić information content (AvgIpc) is 2.47. The van der Waals surface area contributed by atoms with Gasteiger partial charge in [0.05, 0.1) is 0 Å². The van der Waals surface area contributed by atoms with Gasteiger partial charge in [-0.25, -0.2) is 0 Å². The van der Waals surface area contributed by atoms with Gasteiger partial charge in [0.25, 0.3) is 0 Å². The summed E-state index contributed by atoms with van der Waals surface area (Å²) >= 11 is 0. The molecule has 0 radical (unpaired) electrons. The van der Waals surface area contributed by atoms with Gasteiger partial charge >= 0.3 is 0 Å². The highest BCUT2D eigenvalue weighted by atomic mass is 15.1. The van der Waals surface area contributed by atoms with Crippen LogP contribution in [0, 0.1) is 0 Å². The van der Waals surface area contributed by atoms with Crippen molar-refractivity contribution in [2.45, 2.75) is 6.54 Å². The standard InChI is InChI=1S/C18H24N2/c1-19(2)13-14-20(3)15-16-9-11-18(12-10-16)17-7-5-4-6-8-17/h4-12H,13-15H2,1-3H3. The highest BCUT2D eigenvalue weighted by Crippen LogP contribution is 2.19. The molecule has 0 N–H and O–H groups in total. The Balaban J connectivity index is 1.95. The maximum atomic E-state index is 2.36. The topological polar surface area (TPSA) is 6.48 Å². The minimum absolute atomic E-state index is 1.00. The first kappa shape index (κ1) is 14.8. The van der Waals surface area contributed by atoms with Crippen LogP contribution in [0.5, 0.6) is 0 Å². The second kappa shape index (κ2) is 7.22. The van der Waals surface area contributed by atoms with Gasteiger partial charge in [-0.05, 0) is 37.8 Å². The van der Waals surface area contributed by atoms with Crippen LogP contribution in [-0.2, 0) is 6.54 Å². The van der Waals surface area contributed by atoms with Gasteiger partial charge in [-0.1, -0.05) is 54.6 Å². The Morgan fingerprint density at radius 3 is 1.90 bits per heavy atom. The third kappa shape index (κ3) is 4.48. The molecule has 2 aromatic carbocycles. The fraction of sp³-hybridized carbons (Fsp3) is 0.333. The van der Waals surface area contributed by atoms with E-state index in [0.717, 1.165) is 19.6 Å². The predicted molar refractivity (Wildman–Crippen MR) is 86.8 cm³/mol. The lowest BCUT2D eigenvalue weighted by Gasteiger charge is -2.19. The molecule has 0 saturated carbocycles. The summed E-state index contributed by atoms with van der Waals surface area (Å²) in [4.78, 5) is 4.58. The van der Waals surface area contributed by atoms with Crippen molar-refractivity contribution in [2.75, 3.05) is 34.2 Å². The Hall–Kier alpha value is -1.64. The van der Waals surface area contributed by atoms with E-state index in [9.17, 15) is 0 Å². The van der Waals surface area contributed by atoms with Gasteiger partial charge in [0.15, 0.2) is 0 Å². The van der Waals surface area contributed by atoms with Crippen LogP contribution in [-0.4, -0.2) is 44.0 Å². The Morgan fingerprint density at radius 1 is 0.700 bits per heavy atom. The summed E-state index contributed by atoms with van der Waals surface area (Å²) in [5.74, 6) is 0. The van der Waals surface area contributed by atoms with Gasteiger partial charge in [-0.3, -0.25) is 0 Å². The molecule has 106 valence electrons. The number of benzene rings is 2. The SMILES string of the molecule is CN(C)CCN(C)Cc1ccc(-c2ccccc2)cc1. The zero-order valence-corrected chi connectivity index (χ0v) is 12.7. The van der Waals surface area contributed by atoms with Crippen molar-refractivity contribution >= 4 is 0 Å². The zero-order chi connectivity index (χ0) is 14.4. The summed E-state index contributed by atoms with van der Waals surface area (Å²) in [5, 5.41) is 0. The number of nitrogens with zero attached hydrogens (tertiary/aromatic N) is 2. The third-order valence-corrected chi connectivity index (χ3v) is 3.44. The largest absolute Gasteiger partial charge is 0.308 e. The Bertz CT molecular complexity index is 503. The fourth-order valence-corrected chi connectivity index (χ4v) is 2.19. The monoisotopic (exact) mass is 268 g/mol. The summed E-state index contributed by atoms with van der Waals surface area (Å²) in [5.41, 5.74) is 3.93. The van der Waals surface area contributed by atoms with Crippen LogP contribution in [0.3, 0.4) is 0 Å². The molecule has 0 heterocycles. The molecule has 0 unspecified atom stereocenters. The number of hydrogen-bond donors (Lipinski definition) is 0. The van der Waals surface area contributed by atoms with Crippen molar-refractivity contribution in [1.82, 2.24) is 9.80 Å². The van der Waals surface area contributed by atoms with E-state index in [-0.39, 0.29) is 0 Å². The molecule has 0 aliphatic carbocycles. The molecule has 0 amide bonds. The quantitative estimate of drug-likeness (QED) is 0.793. The molecule has 0 saturated heterocycles. The second-order valence-corrected chi connectivity index (χ2v) is 5.60. The first-order valence-corrected chi connectivity index (χ1v) is 7.13. The van der Waals surface area contributed by atoms with Gasteiger partial charge in [0.1, 0.15) is 0 Å². The highest BCUT2D eigenvalue weighted by molar-refractivity contribution is 5.63. The molecule has 0 aliphatic heterocycles. The summed E-state index contributed by atoms with van der Waals surface area (Å²) in [6, 6.07) is 19.4. The molecule has 2 nitrogen and oxygen atoms in total. The van der Waals surface area contributed by atoms with Gasteiger partial charge in [0, 0.05) is 19.6 Å². The summed E-state index contributed by atoms with van der Waals surface area (Å²) in [7, 11) is 6.40. The average molecular weight is 268 g/mol. The molecule has 2 heteroatoms. The third-order valence-electron chi connectivity index (χ3n) is 3.44. The van der Waals surface area contributed by atoms with E-state index in [1.54, 1.807) is 0 Å². The summed E-state index contributed by atoms with van der Waals surface area (Å²) < 4.78 is 0. The predicted octanol–water partition coefficient (Wildman–Crippen LogP) is 3.35. The van der Waals surface area contributed by atoms with Gasteiger partial charge in [0.2, 0.25) is 0 Å². The molecule has 20 heavy (non-hydrogen) atoms. The Kier molecular flexibility index (Phi) is 5.33. The Morgan fingerprint density at radius 2 is 1.30 bits per heavy atom. The van der Waals surface area contributed by atoms with Crippen molar-refractivity contribution in [1.29, 1.82) is 0 Å². The van der Waals surface area contributed by atoms with Crippen molar-refractivity contribution < 1.29 is 0 Å². The minimum atomic E-state index is 1.00. The second-order valence-electron chi connectivity index (χ2n) is 5.60. The van der Waals surface area contributed by atoms with E-state index in [1.165, 1.54) is 16.7 Å². The molecular weight excluding hydrogens is 244 g/mol. The van der Waals surface area contributed by atoms with Crippen LogP contribution in [0.4, 0.5) is 0 Å². The van der Waals surface area contributed by atoms with E-state index in [0.29, 0.717) is 0 Å². The van der Waals surface area contributed by atoms with E-state index < -0.39 is 0 Å². The van der Waals surface area contributed by atoms with Crippen LogP contribution in [0.25, 0.3) is 11.1 Å². The van der Waals surface area contributed by atoms with Gasteiger partial charge in [-0.2, -0.15) is 0 Å². The zero-order valence-electron chi connectivity index (χ0n) is 12.7. The Labute approximate surface area is 122 Å². The van der Waals surface area contributed by atoms with Crippen molar-refractivity contribution in [2.24, 2.45) is 0 Å². The van der Waals surface area contributed by atoms with E-state index in [2.05, 4.69) is 85.5 Å². The normalized spacial score (nSPS) is 11.2. The lowest BCUT2D eigenvalue weighted by Crippen LogP contribution is -2.28. The minimum Gasteiger partial charge on any atom is -0.308 e. The number of rotatable bonds is 6. The van der Waals surface area contributed by atoms with E-state index in [1.807, 2.05) is 0 Å². The van der Waals surface area contributed by atoms with Crippen molar-refractivity contribution in [3.8, 4) is 11.1 Å². The lowest BCUT2D eigenvalue weighted by molar-refractivity contribution is 0.276. The smallest absolute Gasteiger partial charge is 0.0231 e. The highest BCUT2D eigenvalue weighted by Gasteiger charge is 2.02. The molecule has 0 aromatic heterocycles. The maximum absolute atomic E-state index is 2.36. The first-order chi connectivity index (χ1) is 9.65. The molecule has 0 atom stereocenters. The van der Waals surface area contributed by atoms with E-state index >= 15 is 0 Å². The van der Waals surface area contributed by atoms with Crippen LogP contribution < -0.4 is 0 Å². The van der Waals surface area contributed by atoms with Crippen LogP contribution in [0.15, 0.2) is 54.6 Å². The van der Waals surface area contributed by atoms with Gasteiger partial charge in [-0.15, -0.1) is 0 Å². The molecule has 0 fully saturated rings. The molecular formula is C18H24N2. The molecule has 2 rings (SSSR count). The number of likely N-dealkylation sites (N-methyl/N-ethyl adjacent to an activating group) is 2. The van der Waals surface area contributed by atoms with Crippen molar-refractivity contribution in [3.05, 3.63) is 60.2 Å². The van der Waals surface area contributed by atoms with Gasteiger partial charge < -0.3 is 9.80 Å². The molecule has 0 spiro atoms. The molecule has 2 aromatic rings. The molecule has 0 bridgehead atoms. The summed E-state index contributed by atoms with van der Waals surface area (Å²) in [6.45, 7) is 3.19. The fourth-order valence-electron chi connectivity index (χ4n) is 2.19. The van der Waals surface area contributed by atoms with Crippen LogP contribution in [0.2, 0.25) is 0 Å². The van der Waals surface area contributed by atoms with Crippen LogP contribution in [0.1, 0.15) is 5.56 Å². The van der Waals surface area contributed by atoms with Crippen LogP contribution >= 0.6 is 0 Å². The van der Waals surface area contributed by atoms with E-state index in [4.69, 9.17) is 0 Å². The molecule has 0 aliphatic rings. The van der Waals surface area contributed by atoms with Crippen molar-refractivity contribution in [3.63, 3.8) is 0 Å². The lowest BCUT2D eigenvalue weighted by atomic mass is 10.0. The maximum Gasteiger partial charge on any atom is 0.0231 e. The first-order valence-electron chi connectivity index (χ1n) is 7.13. The summed E-state index contributed by atoms with van der Waals surface area (Å²) in [6.07, 6.45) is 0. The number of hydrogen-bond acceptors (Lipinski definition) is 2.